The molecule has 1 aliphatic rings. The van der Waals surface area contributed by atoms with Crippen LogP contribution in [0.15, 0.2) is 54.6 Å². The van der Waals surface area contributed by atoms with Gasteiger partial charge in [-0.1, -0.05) is 18.2 Å². The summed E-state index contributed by atoms with van der Waals surface area (Å²) < 4.78 is 0. The molecule has 0 aliphatic carbocycles. The smallest absolute Gasteiger partial charge is 0.246 e. The van der Waals surface area contributed by atoms with Crippen LogP contribution in [0.1, 0.15) is 5.56 Å². The number of anilines is 2. The number of para-hydroxylation sites is 1. The molecule has 0 bridgehead atoms. The summed E-state index contributed by atoms with van der Waals surface area (Å²) in [6, 6.07) is 9.71. The largest absolute Gasteiger partial charge is 0.366 e. The molecule has 0 saturated heterocycles. The topological polar surface area (TPSA) is 72.1 Å². The molecule has 94 valence electrons. The second kappa shape index (κ2) is 4.53. The maximum atomic E-state index is 11.4. The van der Waals surface area contributed by atoms with Crippen LogP contribution in [0, 0.1) is 0 Å². The number of primary amides is 1. The van der Waals surface area contributed by atoms with Crippen LogP contribution < -0.4 is 10.6 Å². The Hall–Kier alpha value is -2.69. The van der Waals surface area contributed by atoms with Gasteiger partial charge in [0.2, 0.25) is 5.91 Å². The minimum atomic E-state index is -0.421. The van der Waals surface area contributed by atoms with Gasteiger partial charge in [-0.05, 0) is 12.1 Å². The lowest BCUT2D eigenvalue weighted by Crippen LogP contribution is -2.25. The first-order chi connectivity index (χ1) is 9.25. The van der Waals surface area contributed by atoms with E-state index < -0.39 is 5.91 Å². The summed E-state index contributed by atoms with van der Waals surface area (Å²) in [7, 11) is 0. The molecule has 1 amide bonds. The maximum Gasteiger partial charge on any atom is 0.246 e. The first kappa shape index (κ1) is 11.4. The Balaban J connectivity index is 2.13. The number of hydrogen-bond donors (Lipinski definition) is 1. The van der Waals surface area contributed by atoms with E-state index in [-0.39, 0.29) is 0 Å². The van der Waals surface area contributed by atoms with Crippen molar-refractivity contribution in [2.75, 3.05) is 4.90 Å². The molecule has 3 rings (SSSR count). The molecule has 2 aromatic rings. The lowest BCUT2D eigenvalue weighted by molar-refractivity contribution is -0.114. The van der Waals surface area contributed by atoms with E-state index >= 15 is 0 Å². The van der Waals surface area contributed by atoms with E-state index in [0.717, 1.165) is 17.1 Å². The molecular weight excluding hydrogens is 240 g/mol. The van der Waals surface area contributed by atoms with Crippen LogP contribution in [0.5, 0.6) is 0 Å². The number of amides is 1. The van der Waals surface area contributed by atoms with Crippen molar-refractivity contribution in [1.82, 2.24) is 9.97 Å². The molecule has 1 aliphatic heterocycles. The molecule has 0 radical (unpaired) electrons. The number of nitrogens with zero attached hydrogens (tertiary/aromatic N) is 3. The number of nitrogens with two attached hydrogens (primary N) is 1. The third-order valence-corrected chi connectivity index (χ3v) is 3.01. The van der Waals surface area contributed by atoms with Crippen molar-refractivity contribution >= 4 is 17.4 Å². The number of carbonyl (C=O) groups is 1. The van der Waals surface area contributed by atoms with Crippen LogP contribution in [0.2, 0.25) is 0 Å². The van der Waals surface area contributed by atoms with Gasteiger partial charge in [-0.15, -0.1) is 0 Å². The summed E-state index contributed by atoms with van der Waals surface area (Å²) in [6.45, 7) is 0. The number of fused-ring (bicyclic) bond motifs is 1. The second-order valence-corrected chi connectivity index (χ2v) is 4.27. The molecule has 5 nitrogen and oxygen atoms in total. The molecule has 0 spiro atoms. The minimum absolute atomic E-state index is 0.421. The summed E-state index contributed by atoms with van der Waals surface area (Å²) in [4.78, 5) is 21.6. The Kier molecular flexibility index (Phi) is 2.72. The molecule has 1 aromatic heterocycles. The zero-order chi connectivity index (χ0) is 13.2. The zero-order valence-corrected chi connectivity index (χ0v) is 10.2. The first-order valence-electron chi connectivity index (χ1n) is 5.89. The molecule has 2 heterocycles. The highest BCUT2D eigenvalue weighted by atomic mass is 16.1. The van der Waals surface area contributed by atoms with Crippen LogP contribution in [0.4, 0.5) is 11.5 Å². The van der Waals surface area contributed by atoms with Gasteiger partial charge in [0, 0.05) is 35.6 Å². The normalized spacial score (nSPS) is 13.7. The van der Waals surface area contributed by atoms with E-state index in [9.17, 15) is 4.79 Å². The molecule has 0 saturated carbocycles. The summed E-state index contributed by atoms with van der Waals surface area (Å²) in [5, 5.41) is 0. The lowest BCUT2D eigenvalue weighted by atomic mass is 10.0. The lowest BCUT2D eigenvalue weighted by Gasteiger charge is -2.26. The predicted molar refractivity (Wildman–Crippen MR) is 71.6 cm³/mol. The first-order valence-corrected chi connectivity index (χ1v) is 5.89. The summed E-state index contributed by atoms with van der Waals surface area (Å²) in [5.41, 5.74) is 7.76. The monoisotopic (exact) mass is 252 g/mol. The fraction of sp³-hybridized carbons (Fsp3) is 0.0714. The average Bonchev–Trinajstić information content (AvgIpc) is 2.47. The predicted octanol–water partition coefficient (Wildman–Crippen LogP) is 1.54. The Bertz CT molecular complexity index is 652. The Labute approximate surface area is 110 Å². The molecule has 19 heavy (non-hydrogen) atoms. The Morgan fingerprint density at radius 1 is 1.26 bits per heavy atom. The zero-order valence-electron chi connectivity index (χ0n) is 10.2. The van der Waals surface area contributed by atoms with Gasteiger partial charge in [0.25, 0.3) is 0 Å². The van der Waals surface area contributed by atoms with Gasteiger partial charge in [-0.25, -0.2) is 9.97 Å². The highest BCUT2D eigenvalue weighted by molar-refractivity contribution is 5.94. The van der Waals surface area contributed by atoms with E-state index in [4.69, 9.17) is 5.73 Å². The van der Waals surface area contributed by atoms with Crippen molar-refractivity contribution in [2.45, 2.75) is 6.42 Å². The van der Waals surface area contributed by atoms with Gasteiger partial charge in [-0.2, -0.15) is 0 Å². The number of aromatic nitrogens is 2. The van der Waals surface area contributed by atoms with Gasteiger partial charge in [0.15, 0.2) is 0 Å². The van der Waals surface area contributed by atoms with Crippen LogP contribution in [0.25, 0.3) is 0 Å². The van der Waals surface area contributed by atoms with Crippen LogP contribution >= 0.6 is 0 Å². The van der Waals surface area contributed by atoms with E-state index in [1.807, 2.05) is 35.2 Å². The van der Waals surface area contributed by atoms with Crippen molar-refractivity contribution in [1.29, 1.82) is 0 Å². The molecule has 0 unspecified atom stereocenters. The van der Waals surface area contributed by atoms with Crippen LogP contribution in [-0.2, 0) is 11.2 Å². The van der Waals surface area contributed by atoms with Gasteiger partial charge < -0.3 is 10.6 Å². The molecule has 2 N–H and O–H groups in total. The van der Waals surface area contributed by atoms with Gasteiger partial charge >= 0.3 is 0 Å². The quantitative estimate of drug-likeness (QED) is 0.880. The van der Waals surface area contributed by atoms with Crippen LogP contribution in [0.3, 0.4) is 0 Å². The average molecular weight is 252 g/mol. The number of rotatable bonds is 2. The number of carbonyl (C=O) groups excluding carboxylic acids is 1. The fourth-order valence-corrected chi connectivity index (χ4v) is 2.10. The van der Waals surface area contributed by atoms with Gasteiger partial charge in [0.05, 0.1) is 0 Å². The summed E-state index contributed by atoms with van der Waals surface area (Å²) >= 11 is 0. The highest BCUT2D eigenvalue weighted by Gasteiger charge is 2.22. The van der Waals surface area contributed by atoms with E-state index in [1.165, 1.54) is 6.33 Å². The second-order valence-electron chi connectivity index (χ2n) is 4.27. The maximum absolute atomic E-state index is 11.4. The summed E-state index contributed by atoms with van der Waals surface area (Å²) in [5.74, 6) is 0.363. The highest BCUT2D eigenvalue weighted by Crippen LogP contribution is 2.32. The van der Waals surface area contributed by atoms with Crippen molar-refractivity contribution in [3.8, 4) is 0 Å². The molecule has 0 fully saturated rings. The van der Waals surface area contributed by atoms with Gasteiger partial charge in [0.1, 0.15) is 12.1 Å². The van der Waals surface area contributed by atoms with E-state index in [1.54, 1.807) is 12.4 Å². The SMILES string of the molecule is NC(=O)C1=CN(c2ccccc2)c2ncncc2C1. The fourth-order valence-electron chi connectivity index (χ4n) is 2.10. The van der Waals surface area contributed by atoms with E-state index in [0.29, 0.717) is 12.0 Å². The molecule has 5 heteroatoms. The number of hydrogen-bond acceptors (Lipinski definition) is 4. The van der Waals surface area contributed by atoms with Crippen molar-refractivity contribution in [3.63, 3.8) is 0 Å². The van der Waals surface area contributed by atoms with Crippen LogP contribution in [-0.4, -0.2) is 15.9 Å². The third-order valence-electron chi connectivity index (χ3n) is 3.01. The number of benzene rings is 1. The Morgan fingerprint density at radius 2 is 2.05 bits per heavy atom. The molecule has 1 aromatic carbocycles. The third kappa shape index (κ3) is 2.06. The van der Waals surface area contributed by atoms with Gasteiger partial charge in [-0.3, -0.25) is 4.79 Å². The van der Waals surface area contributed by atoms with Crippen molar-refractivity contribution < 1.29 is 4.79 Å². The van der Waals surface area contributed by atoms with Crippen molar-refractivity contribution in [2.24, 2.45) is 5.73 Å². The summed E-state index contributed by atoms with van der Waals surface area (Å²) in [6.07, 6.45) is 5.42. The van der Waals surface area contributed by atoms with Crippen molar-refractivity contribution in [3.05, 3.63) is 60.2 Å². The standard InChI is InChI=1S/C14H12N4O/c15-13(19)11-6-10-7-16-9-17-14(10)18(8-11)12-4-2-1-3-5-12/h1-5,7-9H,6H2,(H2,15,19). The molecule has 0 atom stereocenters. The Morgan fingerprint density at radius 3 is 2.79 bits per heavy atom. The van der Waals surface area contributed by atoms with E-state index in [2.05, 4.69) is 9.97 Å². The molecular formula is C14H12N4O. The minimum Gasteiger partial charge on any atom is -0.366 e.